The van der Waals surface area contributed by atoms with Crippen LogP contribution in [-0.4, -0.2) is 13.7 Å². The summed E-state index contributed by atoms with van der Waals surface area (Å²) in [6.45, 7) is 0.877. The Kier molecular flexibility index (Phi) is 5.42. The van der Waals surface area contributed by atoms with Crippen molar-refractivity contribution >= 4 is 5.69 Å². The standard InChI is InChI=1S/C17H20FNO/c1-20-17-13-15(10-11-16(17)18)19-12-6-5-9-14-7-3-2-4-8-14/h2-4,7-8,10-11,13,19H,5-6,9,12H2,1H3. The maximum absolute atomic E-state index is 13.2. The first kappa shape index (κ1) is 14.4. The molecule has 0 aliphatic rings. The van der Waals surface area contributed by atoms with Gasteiger partial charge in [0.05, 0.1) is 7.11 Å². The van der Waals surface area contributed by atoms with Crippen LogP contribution in [0.15, 0.2) is 48.5 Å². The summed E-state index contributed by atoms with van der Waals surface area (Å²) in [7, 11) is 1.47. The Morgan fingerprint density at radius 2 is 1.85 bits per heavy atom. The van der Waals surface area contributed by atoms with E-state index >= 15 is 0 Å². The lowest BCUT2D eigenvalue weighted by Gasteiger charge is -2.08. The molecule has 3 heteroatoms. The SMILES string of the molecule is COc1cc(NCCCCc2ccccc2)ccc1F. The third kappa shape index (κ3) is 4.26. The van der Waals surface area contributed by atoms with Gasteiger partial charge in [-0.25, -0.2) is 4.39 Å². The first-order chi connectivity index (χ1) is 9.79. The van der Waals surface area contributed by atoms with Gasteiger partial charge in [-0.2, -0.15) is 0 Å². The average Bonchev–Trinajstić information content (AvgIpc) is 2.49. The van der Waals surface area contributed by atoms with Crippen molar-refractivity contribution in [3.8, 4) is 5.75 Å². The number of aryl methyl sites for hydroxylation is 1. The summed E-state index contributed by atoms with van der Waals surface area (Å²) in [6, 6.07) is 15.3. The third-order valence-corrected chi connectivity index (χ3v) is 3.22. The second-order valence-electron chi connectivity index (χ2n) is 4.72. The Morgan fingerprint density at radius 3 is 2.60 bits per heavy atom. The van der Waals surface area contributed by atoms with Crippen LogP contribution in [0.3, 0.4) is 0 Å². The fraction of sp³-hybridized carbons (Fsp3) is 0.294. The van der Waals surface area contributed by atoms with Gasteiger partial charge in [0.25, 0.3) is 0 Å². The van der Waals surface area contributed by atoms with Crippen LogP contribution in [0, 0.1) is 5.82 Å². The lowest BCUT2D eigenvalue weighted by atomic mass is 10.1. The number of methoxy groups -OCH3 is 1. The van der Waals surface area contributed by atoms with E-state index < -0.39 is 0 Å². The Bertz CT molecular complexity index is 528. The largest absolute Gasteiger partial charge is 0.494 e. The summed E-state index contributed by atoms with van der Waals surface area (Å²) < 4.78 is 18.2. The van der Waals surface area contributed by atoms with Crippen molar-refractivity contribution < 1.29 is 9.13 Å². The molecule has 0 aliphatic carbocycles. The molecule has 2 aromatic carbocycles. The van der Waals surface area contributed by atoms with Gasteiger partial charge in [0.15, 0.2) is 11.6 Å². The van der Waals surface area contributed by atoms with E-state index in [2.05, 4.69) is 29.6 Å². The molecule has 2 aromatic rings. The van der Waals surface area contributed by atoms with Crippen LogP contribution >= 0.6 is 0 Å². The minimum atomic E-state index is -0.331. The van der Waals surface area contributed by atoms with E-state index in [1.165, 1.54) is 18.7 Å². The Balaban J connectivity index is 1.71. The molecule has 106 valence electrons. The number of nitrogens with one attached hydrogen (secondary N) is 1. The summed E-state index contributed by atoms with van der Waals surface area (Å²) in [6.07, 6.45) is 3.30. The number of unbranched alkanes of at least 4 members (excludes halogenated alkanes) is 1. The molecule has 0 fully saturated rings. The molecule has 0 atom stereocenters. The summed E-state index contributed by atoms with van der Waals surface area (Å²) in [4.78, 5) is 0. The lowest BCUT2D eigenvalue weighted by Crippen LogP contribution is -2.02. The van der Waals surface area contributed by atoms with Crippen LogP contribution in [0.4, 0.5) is 10.1 Å². The van der Waals surface area contributed by atoms with E-state index in [0.29, 0.717) is 0 Å². The first-order valence-electron chi connectivity index (χ1n) is 6.91. The van der Waals surface area contributed by atoms with Crippen molar-refractivity contribution in [1.82, 2.24) is 0 Å². The summed E-state index contributed by atoms with van der Waals surface area (Å²) in [5.41, 5.74) is 2.26. The van der Waals surface area contributed by atoms with Crippen LogP contribution < -0.4 is 10.1 Å². The average molecular weight is 273 g/mol. The van der Waals surface area contributed by atoms with Crippen LogP contribution in [0.1, 0.15) is 18.4 Å². The fourth-order valence-electron chi connectivity index (χ4n) is 2.10. The molecule has 0 unspecified atom stereocenters. The normalized spacial score (nSPS) is 10.3. The van der Waals surface area contributed by atoms with Crippen molar-refractivity contribution in [1.29, 1.82) is 0 Å². The predicted octanol–water partition coefficient (Wildman–Crippen LogP) is 4.27. The van der Waals surface area contributed by atoms with Crippen molar-refractivity contribution in [3.05, 3.63) is 59.9 Å². The highest BCUT2D eigenvalue weighted by Gasteiger charge is 2.02. The number of rotatable bonds is 7. The van der Waals surface area contributed by atoms with Gasteiger partial charge in [0, 0.05) is 18.3 Å². The van der Waals surface area contributed by atoms with Gasteiger partial charge in [-0.1, -0.05) is 30.3 Å². The van der Waals surface area contributed by atoms with E-state index in [1.54, 1.807) is 12.1 Å². The second-order valence-corrected chi connectivity index (χ2v) is 4.72. The first-order valence-corrected chi connectivity index (χ1v) is 6.91. The fourth-order valence-corrected chi connectivity index (χ4v) is 2.10. The molecule has 0 saturated carbocycles. The topological polar surface area (TPSA) is 21.3 Å². The molecule has 0 spiro atoms. The zero-order chi connectivity index (χ0) is 14.2. The molecule has 20 heavy (non-hydrogen) atoms. The molecular weight excluding hydrogens is 253 g/mol. The van der Waals surface area contributed by atoms with Crippen molar-refractivity contribution in [2.45, 2.75) is 19.3 Å². The maximum atomic E-state index is 13.2. The van der Waals surface area contributed by atoms with Crippen molar-refractivity contribution in [3.63, 3.8) is 0 Å². The smallest absolute Gasteiger partial charge is 0.165 e. The highest BCUT2D eigenvalue weighted by Crippen LogP contribution is 2.21. The molecule has 0 aromatic heterocycles. The number of hydrogen-bond donors (Lipinski definition) is 1. The number of anilines is 1. The quantitative estimate of drug-likeness (QED) is 0.761. The van der Waals surface area contributed by atoms with Gasteiger partial charge in [0.2, 0.25) is 0 Å². The van der Waals surface area contributed by atoms with Gasteiger partial charge in [-0.05, 0) is 37.0 Å². The minimum absolute atomic E-state index is 0.277. The molecule has 2 rings (SSSR count). The Hall–Kier alpha value is -2.03. The van der Waals surface area contributed by atoms with Crippen LogP contribution in [-0.2, 0) is 6.42 Å². The number of benzene rings is 2. The predicted molar refractivity (Wildman–Crippen MR) is 80.8 cm³/mol. The molecule has 2 nitrogen and oxygen atoms in total. The van der Waals surface area contributed by atoms with E-state index in [1.807, 2.05) is 6.07 Å². The van der Waals surface area contributed by atoms with E-state index in [-0.39, 0.29) is 11.6 Å². The van der Waals surface area contributed by atoms with Crippen LogP contribution in [0.5, 0.6) is 5.75 Å². The van der Waals surface area contributed by atoms with Gasteiger partial charge in [-0.3, -0.25) is 0 Å². The summed E-state index contributed by atoms with van der Waals surface area (Å²) in [5.74, 6) is -0.0542. The highest BCUT2D eigenvalue weighted by molar-refractivity contribution is 5.48. The molecule has 0 radical (unpaired) electrons. The van der Waals surface area contributed by atoms with Crippen molar-refractivity contribution in [2.75, 3.05) is 19.0 Å². The molecule has 0 saturated heterocycles. The maximum Gasteiger partial charge on any atom is 0.165 e. The van der Waals surface area contributed by atoms with Gasteiger partial charge in [0.1, 0.15) is 0 Å². The van der Waals surface area contributed by atoms with Gasteiger partial charge in [-0.15, -0.1) is 0 Å². The van der Waals surface area contributed by atoms with E-state index in [0.717, 1.165) is 31.5 Å². The third-order valence-electron chi connectivity index (χ3n) is 3.22. The zero-order valence-electron chi connectivity index (χ0n) is 11.7. The minimum Gasteiger partial charge on any atom is -0.494 e. The van der Waals surface area contributed by atoms with Crippen LogP contribution in [0.25, 0.3) is 0 Å². The summed E-state index contributed by atoms with van der Waals surface area (Å²) >= 11 is 0. The Labute approximate surface area is 119 Å². The van der Waals surface area contributed by atoms with Gasteiger partial charge < -0.3 is 10.1 Å². The van der Waals surface area contributed by atoms with Gasteiger partial charge >= 0.3 is 0 Å². The van der Waals surface area contributed by atoms with Crippen molar-refractivity contribution in [2.24, 2.45) is 0 Å². The zero-order valence-corrected chi connectivity index (χ0v) is 11.7. The number of halogens is 1. The molecular formula is C17H20FNO. The molecule has 0 amide bonds. The summed E-state index contributed by atoms with van der Waals surface area (Å²) in [5, 5.41) is 3.29. The molecule has 0 bridgehead atoms. The number of hydrogen-bond acceptors (Lipinski definition) is 2. The molecule has 1 N–H and O–H groups in total. The Morgan fingerprint density at radius 1 is 1.05 bits per heavy atom. The highest BCUT2D eigenvalue weighted by atomic mass is 19.1. The lowest BCUT2D eigenvalue weighted by molar-refractivity contribution is 0.387. The molecule has 0 heterocycles. The van der Waals surface area contributed by atoms with E-state index in [9.17, 15) is 4.39 Å². The monoisotopic (exact) mass is 273 g/mol. The van der Waals surface area contributed by atoms with E-state index in [4.69, 9.17) is 4.74 Å². The molecule has 0 aliphatic heterocycles. The number of ether oxygens (including phenoxy) is 1. The second kappa shape index (κ2) is 7.53. The van der Waals surface area contributed by atoms with Crippen LogP contribution in [0.2, 0.25) is 0 Å².